The number of nitro benzene ring substituents is 1. The van der Waals surface area contributed by atoms with Crippen molar-refractivity contribution in [1.82, 2.24) is 14.9 Å². The van der Waals surface area contributed by atoms with Crippen LogP contribution in [-0.2, 0) is 0 Å². The lowest BCUT2D eigenvalue weighted by Gasteiger charge is -2.06. The molecular weight excluding hydrogens is 370 g/mol. The van der Waals surface area contributed by atoms with Gasteiger partial charge in [-0.05, 0) is 30.3 Å². The summed E-state index contributed by atoms with van der Waals surface area (Å²) in [5, 5.41) is 19.5. The van der Waals surface area contributed by atoms with Gasteiger partial charge >= 0.3 is 0 Å². The molecule has 1 aromatic heterocycles. The second kappa shape index (κ2) is 8.41. The number of nitrogen functional groups attached to an aromatic ring is 1. The Bertz CT molecular complexity index is 929. The molecule has 2 aromatic carbocycles. The number of nitrogens with two attached hydrogens (primary N) is 1. The summed E-state index contributed by atoms with van der Waals surface area (Å²) in [6.07, 6.45) is 0. The molecule has 0 aliphatic heterocycles. The molecule has 9 nitrogen and oxygen atoms in total. The Balaban J connectivity index is 1.56. The quantitative estimate of drug-likeness (QED) is 0.206. The fourth-order valence-electron chi connectivity index (χ4n) is 2.29. The van der Waals surface area contributed by atoms with E-state index < -0.39 is 4.92 Å². The molecule has 0 aliphatic rings. The number of thioether (sulfide) groups is 1. The highest BCUT2D eigenvalue weighted by molar-refractivity contribution is 7.99. The fraction of sp³-hybridized carbons (Fsp3) is 0.176. The Morgan fingerprint density at radius 1 is 1.19 bits per heavy atom. The van der Waals surface area contributed by atoms with Crippen LogP contribution < -0.4 is 15.3 Å². The number of nitrogens with zero attached hydrogens (tertiary/aromatic N) is 4. The van der Waals surface area contributed by atoms with Crippen molar-refractivity contribution in [2.45, 2.75) is 5.16 Å². The molecule has 0 radical (unpaired) electrons. The van der Waals surface area contributed by atoms with E-state index in [1.54, 1.807) is 19.2 Å². The second-order valence-electron chi connectivity index (χ2n) is 5.36. The van der Waals surface area contributed by atoms with Gasteiger partial charge in [0.1, 0.15) is 11.5 Å². The minimum Gasteiger partial charge on any atom is -0.497 e. The highest BCUT2D eigenvalue weighted by Crippen LogP contribution is 2.24. The average Bonchev–Trinajstić information content (AvgIpc) is 3.06. The van der Waals surface area contributed by atoms with Crippen molar-refractivity contribution in [3.05, 3.63) is 58.6 Å². The van der Waals surface area contributed by atoms with E-state index in [0.29, 0.717) is 29.1 Å². The van der Waals surface area contributed by atoms with Gasteiger partial charge in [0, 0.05) is 17.4 Å². The number of aromatic nitrogens is 3. The Hall–Kier alpha value is -3.27. The van der Waals surface area contributed by atoms with Crippen molar-refractivity contribution in [1.29, 1.82) is 0 Å². The molecular formula is C17H17N5O4S. The summed E-state index contributed by atoms with van der Waals surface area (Å²) >= 11 is 1.38. The van der Waals surface area contributed by atoms with E-state index in [9.17, 15) is 10.1 Å². The molecule has 0 amide bonds. The predicted octanol–water partition coefficient (Wildman–Crippen LogP) is 2.75. The summed E-state index contributed by atoms with van der Waals surface area (Å²) in [5.74, 6) is 8.36. The van der Waals surface area contributed by atoms with Crippen LogP contribution in [0.1, 0.15) is 0 Å². The summed E-state index contributed by atoms with van der Waals surface area (Å²) in [5.41, 5.74) is 0.816. The first-order valence-corrected chi connectivity index (χ1v) is 8.92. The number of hydrogen-bond acceptors (Lipinski definition) is 8. The maximum Gasteiger partial charge on any atom is 0.273 e. The smallest absolute Gasteiger partial charge is 0.273 e. The van der Waals surface area contributed by atoms with Gasteiger partial charge in [-0.1, -0.05) is 17.8 Å². The first-order valence-electron chi connectivity index (χ1n) is 7.93. The minimum absolute atomic E-state index is 0.00834. The maximum atomic E-state index is 10.8. The molecule has 0 aliphatic carbocycles. The van der Waals surface area contributed by atoms with Gasteiger partial charge < -0.3 is 15.3 Å². The van der Waals surface area contributed by atoms with Crippen LogP contribution in [0.3, 0.4) is 0 Å². The third-order valence-corrected chi connectivity index (χ3v) is 4.53. The van der Waals surface area contributed by atoms with Crippen molar-refractivity contribution in [3.8, 4) is 22.9 Å². The van der Waals surface area contributed by atoms with E-state index in [0.717, 1.165) is 11.3 Å². The van der Waals surface area contributed by atoms with Crippen LogP contribution in [0.15, 0.2) is 53.7 Å². The van der Waals surface area contributed by atoms with E-state index in [4.69, 9.17) is 15.3 Å². The lowest BCUT2D eigenvalue weighted by atomic mass is 10.2. The topological polar surface area (TPSA) is 118 Å². The molecule has 0 atom stereocenters. The van der Waals surface area contributed by atoms with Crippen LogP contribution in [0.25, 0.3) is 11.4 Å². The Morgan fingerprint density at radius 2 is 1.96 bits per heavy atom. The zero-order chi connectivity index (χ0) is 19.2. The molecule has 3 aromatic rings. The predicted molar refractivity (Wildman–Crippen MR) is 101 cm³/mol. The van der Waals surface area contributed by atoms with E-state index >= 15 is 0 Å². The van der Waals surface area contributed by atoms with Crippen LogP contribution in [0.2, 0.25) is 0 Å². The third kappa shape index (κ3) is 4.47. The number of nitro groups is 1. The molecule has 3 rings (SSSR count). The minimum atomic E-state index is -0.459. The molecule has 10 heteroatoms. The first-order chi connectivity index (χ1) is 13.1. The van der Waals surface area contributed by atoms with E-state index in [2.05, 4.69) is 10.2 Å². The molecule has 0 saturated heterocycles. The standard InChI is InChI=1S/C17H17N5O4S/c1-25-14-7-5-12(6-8-14)16-19-20-17(21(16)18)27-10-9-26-15-4-2-3-13(11-15)22(23)24/h2-8,11H,9-10,18H2,1H3. The molecule has 0 bridgehead atoms. The van der Waals surface area contributed by atoms with Gasteiger partial charge in [-0.25, -0.2) is 4.68 Å². The molecule has 140 valence electrons. The SMILES string of the molecule is COc1ccc(-c2nnc(SCCOc3cccc([N+](=O)[O-])c3)n2N)cc1. The summed E-state index contributed by atoms with van der Waals surface area (Å²) in [6, 6.07) is 13.4. The van der Waals surface area contributed by atoms with Crippen LogP contribution in [0.5, 0.6) is 11.5 Å². The molecule has 1 heterocycles. The van der Waals surface area contributed by atoms with Crippen molar-refractivity contribution < 1.29 is 14.4 Å². The average molecular weight is 387 g/mol. The van der Waals surface area contributed by atoms with Crippen LogP contribution >= 0.6 is 11.8 Å². The molecule has 0 fully saturated rings. The number of methoxy groups -OCH3 is 1. The van der Waals surface area contributed by atoms with Gasteiger partial charge in [0.15, 0.2) is 5.82 Å². The van der Waals surface area contributed by atoms with E-state index in [1.807, 2.05) is 24.3 Å². The van der Waals surface area contributed by atoms with Crippen LogP contribution in [0, 0.1) is 10.1 Å². The van der Waals surface area contributed by atoms with Gasteiger partial charge in [-0.3, -0.25) is 10.1 Å². The second-order valence-corrected chi connectivity index (χ2v) is 6.42. The van der Waals surface area contributed by atoms with Crippen molar-refractivity contribution in [2.24, 2.45) is 0 Å². The van der Waals surface area contributed by atoms with Gasteiger partial charge in [0.2, 0.25) is 5.16 Å². The van der Waals surface area contributed by atoms with Crippen LogP contribution in [0.4, 0.5) is 5.69 Å². The molecule has 2 N–H and O–H groups in total. The molecule has 0 spiro atoms. The lowest BCUT2D eigenvalue weighted by molar-refractivity contribution is -0.384. The molecule has 0 saturated carbocycles. The van der Waals surface area contributed by atoms with Gasteiger partial charge in [0.05, 0.1) is 24.7 Å². The summed E-state index contributed by atoms with van der Waals surface area (Å²) < 4.78 is 12.1. The molecule has 27 heavy (non-hydrogen) atoms. The zero-order valence-electron chi connectivity index (χ0n) is 14.4. The number of non-ortho nitro benzene ring substituents is 1. The Morgan fingerprint density at radius 3 is 2.67 bits per heavy atom. The first kappa shape index (κ1) is 18.5. The number of benzene rings is 2. The summed E-state index contributed by atoms with van der Waals surface area (Å²) in [7, 11) is 1.60. The van der Waals surface area contributed by atoms with Gasteiger partial charge in [0.25, 0.3) is 5.69 Å². The number of hydrogen-bond donors (Lipinski definition) is 1. The Kier molecular flexibility index (Phi) is 5.77. The number of ether oxygens (including phenoxy) is 2. The highest BCUT2D eigenvalue weighted by atomic mass is 32.2. The zero-order valence-corrected chi connectivity index (χ0v) is 15.3. The number of rotatable bonds is 8. The van der Waals surface area contributed by atoms with Crippen molar-refractivity contribution >= 4 is 17.4 Å². The van der Waals surface area contributed by atoms with Crippen molar-refractivity contribution in [3.63, 3.8) is 0 Å². The third-order valence-electron chi connectivity index (χ3n) is 3.62. The lowest BCUT2D eigenvalue weighted by Crippen LogP contribution is -2.12. The highest BCUT2D eigenvalue weighted by Gasteiger charge is 2.12. The summed E-state index contributed by atoms with van der Waals surface area (Å²) in [6.45, 7) is 0.344. The molecule has 0 unspecified atom stereocenters. The monoisotopic (exact) mass is 387 g/mol. The van der Waals surface area contributed by atoms with E-state index in [-0.39, 0.29) is 5.69 Å². The largest absolute Gasteiger partial charge is 0.497 e. The summed E-state index contributed by atoms with van der Waals surface area (Å²) in [4.78, 5) is 10.3. The van der Waals surface area contributed by atoms with E-state index in [1.165, 1.54) is 28.6 Å². The van der Waals surface area contributed by atoms with Crippen LogP contribution in [-0.4, -0.2) is 39.3 Å². The maximum absolute atomic E-state index is 10.8. The Labute approximate surface area is 159 Å². The van der Waals surface area contributed by atoms with Gasteiger partial charge in [-0.15, -0.1) is 10.2 Å². The van der Waals surface area contributed by atoms with Gasteiger partial charge in [-0.2, -0.15) is 0 Å². The normalized spacial score (nSPS) is 10.6. The van der Waals surface area contributed by atoms with Crippen molar-refractivity contribution in [2.75, 3.05) is 25.3 Å². The fourth-order valence-corrected chi connectivity index (χ4v) is 2.97.